The second-order valence-corrected chi connectivity index (χ2v) is 19.4. The molecule has 0 aromatic heterocycles. The van der Waals surface area contributed by atoms with Crippen LogP contribution in [0.4, 0.5) is 0 Å². The molecule has 1 aliphatic rings. The Hall–Kier alpha value is -4.68. The van der Waals surface area contributed by atoms with E-state index in [0.29, 0.717) is 11.6 Å². The van der Waals surface area contributed by atoms with Crippen LogP contribution in [0.15, 0.2) is 212 Å². The minimum Gasteiger partial charge on any atom is -0.381 e. The molecule has 0 amide bonds. The molecule has 0 N–H and O–H groups in total. The van der Waals surface area contributed by atoms with E-state index in [-0.39, 0.29) is 18.1 Å². The molecular weight excluding hydrogens is 719 g/mol. The summed E-state index contributed by atoms with van der Waals surface area (Å²) in [5, 5.41) is 5.67. The Morgan fingerprint density at radius 3 is 1.20 bits per heavy atom. The molecule has 2 nitrogen and oxygen atoms in total. The number of hydrogen-bond acceptors (Lipinski definition) is 2. The molecule has 1 saturated carbocycles. The molecule has 8 rings (SSSR count). The highest BCUT2D eigenvalue weighted by Crippen LogP contribution is 2.57. The van der Waals surface area contributed by atoms with Crippen LogP contribution in [0.3, 0.4) is 0 Å². The first-order valence-electron chi connectivity index (χ1n) is 19.8. The fraction of sp³-hybridized carbons (Fsp3) is 0.192. The number of methoxy groups -OCH3 is 1. The van der Waals surface area contributed by atoms with Crippen molar-refractivity contribution in [1.82, 2.24) is 0 Å². The van der Waals surface area contributed by atoms with Crippen molar-refractivity contribution in [1.29, 1.82) is 0 Å². The summed E-state index contributed by atoms with van der Waals surface area (Å²) in [6, 6.07) is 77.5. The Morgan fingerprint density at radius 1 is 0.500 bits per heavy atom. The minimum absolute atomic E-state index is 0.0147. The van der Waals surface area contributed by atoms with Gasteiger partial charge in [-0.25, -0.2) is 0 Å². The average molecular weight is 769 g/mol. The average Bonchev–Trinajstić information content (AvgIpc) is 3.64. The van der Waals surface area contributed by atoms with E-state index >= 15 is 0 Å². The van der Waals surface area contributed by atoms with Crippen molar-refractivity contribution in [3.63, 3.8) is 0 Å². The van der Waals surface area contributed by atoms with Crippen LogP contribution in [0.1, 0.15) is 30.0 Å². The van der Waals surface area contributed by atoms with E-state index in [9.17, 15) is 0 Å². The van der Waals surface area contributed by atoms with Crippen LogP contribution in [0.2, 0.25) is 0 Å². The molecule has 1 aliphatic carbocycles. The van der Waals surface area contributed by atoms with E-state index < -0.39 is 21.4 Å². The summed E-state index contributed by atoms with van der Waals surface area (Å²) in [5.74, 6) is 0.420. The van der Waals surface area contributed by atoms with Crippen LogP contribution in [0.25, 0.3) is 0 Å². The van der Waals surface area contributed by atoms with Gasteiger partial charge in [-0.2, -0.15) is 0 Å². The standard InChI is InChI=1S/C52H50O2P2/c1-40(54-52(41-24-10-3-11-25-41,42-26-12-4-13-27-42)43-28-14-5-15-29-43)51-48(39-55(44-30-16-6-17-31-44)45-32-18-7-19-33-45)50(38-49(51)53-2)56(46-34-20-8-21-35-46)47-36-22-9-23-37-47/h3-37,40,48-51H,38-39H2,1-2H3/t40-,48-,49-,50-,51+/m0/s1. The summed E-state index contributed by atoms with van der Waals surface area (Å²) >= 11 is 0. The Morgan fingerprint density at radius 2 is 0.839 bits per heavy atom. The maximum Gasteiger partial charge on any atom is 0.144 e. The van der Waals surface area contributed by atoms with Crippen molar-refractivity contribution in [2.75, 3.05) is 13.3 Å². The molecule has 0 unspecified atom stereocenters. The lowest BCUT2D eigenvalue weighted by Gasteiger charge is -2.42. The largest absolute Gasteiger partial charge is 0.381 e. The zero-order valence-corrected chi connectivity index (χ0v) is 34.0. The third-order valence-electron chi connectivity index (χ3n) is 11.6. The Balaban J connectivity index is 1.30. The Labute approximate surface area is 336 Å². The first-order valence-corrected chi connectivity index (χ1v) is 22.8. The van der Waals surface area contributed by atoms with Crippen molar-refractivity contribution in [2.45, 2.75) is 36.8 Å². The van der Waals surface area contributed by atoms with E-state index in [1.807, 2.05) is 7.11 Å². The number of ether oxygens (including phenoxy) is 2. The van der Waals surface area contributed by atoms with Gasteiger partial charge in [0.2, 0.25) is 0 Å². The quantitative estimate of drug-likeness (QED) is 0.0810. The molecule has 280 valence electrons. The molecule has 0 heterocycles. The van der Waals surface area contributed by atoms with Crippen LogP contribution < -0.4 is 21.2 Å². The molecule has 5 atom stereocenters. The Kier molecular flexibility index (Phi) is 12.3. The predicted molar refractivity (Wildman–Crippen MR) is 239 cm³/mol. The number of hydrogen-bond donors (Lipinski definition) is 0. The molecule has 56 heavy (non-hydrogen) atoms. The van der Waals surface area contributed by atoms with Gasteiger partial charge < -0.3 is 9.47 Å². The topological polar surface area (TPSA) is 18.5 Å². The van der Waals surface area contributed by atoms with Crippen LogP contribution >= 0.6 is 15.8 Å². The molecule has 0 bridgehead atoms. The fourth-order valence-electron chi connectivity index (χ4n) is 9.12. The smallest absolute Gasteiger partial charge is 0.144 e. The normalized spacial score (nSPS) is 18.9. The molecule has 1 fully saturated rings. The highest BCUT2D eigenvalue weighted by Gasteiger charge is 2.52. The summed E-state index contributed by atoms with van der Waals surface area (Å²) in [5.41, 5.74) is 2.90. The van der Waals surface area contributed by atoms with Crippen molar-refractivity contribution < 1.29 is 9.47 Å². The summed E-state index contributed by atoms with van der Waals surface area (Å²) in [4.78, 5) is 0. The monoisotopic (exact) mass is 768 g/mol. The molecule has 7 aromatic carbocycles. The van der Waals surface area contributed by atoms with Crippen LogP contribution in [-0.4, -0.2) is 31.1 Å². The summed E-state index contributed by atoms with van der Waals surface area (Å²) in [7, 11) is 0.499. The first kappa shape index (κ1) is 38.2. The van der Waals surface area contributed by atoms with Gasteiger partial charge in [0.05, 0.1) is 12.2 Å². The summed E-state index contributed by atoms with van der Waals surface area (Å²) in [6.07, 6.45) is 1.86. The van der Waals surface area contributed by atoms with Crippen LogP contribution in [0, 0.1) is 11.8 Å². The highest BCUT2D eigenvalue weighted by atomic mass is 31.1. The third kappa shape index (κ3) is 7.95. The summed E-state index contributed by atoms with van der Waals surface area (Å²) < 4.78 is 14.6. The van der Waals surface area contributed by atoms with Crippen molar-refractivity contribution in [3.8, 4) is 0 Å². The predicted octanol–water partition coefficient (Wildman–Crippen LogP) is 10.7. The third-order valence-corrected chi connectivity index (χ3v) is 17.2. The van der Waals surface area contributed by atoms with E-state index in [4.69, 9.17) is 9.47 Å². The first-order chi connectivity index (χ1) is 27.7. The highest BCUT2D eigenvalue weighted by molar-refractivity contribution is 7.74. The zero-order chi connectivity index (χ0) is 38.2. The second kappa shape index (κ2) is 18.1. The van der Waals surface area contributed by atoms with Gasteiger partial charge in [0.25, 0.3) is 0 Å². The van der Waals surface area contributed by atoms with Gasteiger partial charge in [0.15, 0.2) is 0 Å². The van der Waals surface area contributed by atoms with Gasteiger partial charge in [-0.1, -0.05) is 212 Å². The van der Waals surface area contributed by atoms with Crippen LogP contribution in [-0.2, 0) is 15.1 Å². The lowest BCUT2D eigenvalue weighted by Crippen LogP contribution is -2.43. The SMILES string of the molecule is CO[C@H]1C[C@H](P(c2ccccc2)c2ccccc2)[C@H](CP(c2ccccc2)c2ccccc2)[C@H]1[C@H](C)OC(c1ccccc1)(c1ccccc1)c1ccccc1. The van der Waals surface area contributed by atoms with Gasteiger partial charge in [0, 0.05) is 13.0 Å². The summed E-state index contributed by atoms with van der Waals surface area (Å²) in [6.45, 7) is 2.33. The van der Waals surface area contributed by atoms with Crippen molar-refractivity contribution >= 4 is 37.1 Å². The fourth-order valence-corrected chi connectivity index (χ4v) is 15.1. The molecule has 4 heteroatoms. The lowest BCUT2D eigenvalue weighted by molar-refractivity contribution is -0.0973. The molecule has 7 aromatic rings. The van der Waals surface area contributed by atoms with Gasteiger partial charge >= 0.3 is 0 Å². The molecular formula is C52H50O2P2. The number of benzene rings is 7. The van der Waals surface area contributed by atoms with E-state index in [2.05, 4.69) is 219 Å². The van der Waals surface area contributed by atoms with Gasteiger partial charge in [-0.15, -0.1) is 0 Å². The zero-order valence-electron chi connectivity index (χ0n) is 32.2. The maximum atomic E-state index is 7.91. The Bertz CT molecular complexity index is 2030. The minimum atomic E-state index is -0.836. The van der Waals surface area contributed by atoms with E-state index in [0.717, 1.165) is 29.3 Å². The molecule has 0 spiro atoms. The van der Waals surface area contributed by atoms with E-state index in [1.54, 1.807) is 0 Å². The van der Waals surface area contributed by atoms with Gasteiger partial charge in [-0.05, 0) is 84.8 Å². The van der Waals surface area contributed by atoms with E-state index in [1.165, 1.54) is 21.2 Å². The maximum absolute atomic E-state index is 7.91. The van der Waals surface area contributed by atoms with Gasteiger partial charge in [-0.3, -0.25) is 0 Å². The van der Waals surface area contributed by atoms with Gasteiger partial charge in [0.1, 0.15) is 5.60 Å². The van der Waals surface area contributed by atoms with Crippen LogP contribution in [0.5, 0.6) is 0 Å². The number of rotatable bonds is 14. The molecule has 0 radical (unpaired) electrons. The van der Waals surface area contributed by atoms with Crippen molar-refractivity contribution in [2.24, 2.45) is 11.8 Å². The second-order valence-electron chi connectivity index (χ2n) is 14.7. The molecule has 0 aliphatic heterocycles. The lowest BCUT2D eigenvalue weighted by atomic mass is 9.79. The van der Waals surface area contributed by atoms with Crippen molar-refractivity contribution in [3.05, 3.63) is 229 Å². The molecule has 0 saturated heterocycles.